The Balaban J connectivity index is 0.00000121. The quantitative estimate of drug-likeness (QED) is 0.212. The normalized spacial score (nSPS) is 8.67. The second-order valence-electron chi connectivity index (χ2n) is 2.00. The number of non-ortho nitro benzene ring substituents is 1. The maximum absolute atomic E-state index is 10.1. The first-order chi connectivity index (χ1) is 5.11. The molecule has 0 spiro atoms. The van der Waals surface area contributed by atoms with Crippen LogP contribution in [0.4, 0.5) is 11.4 Å². The van der Waals surface area contributed by atoms with E-state index in [2.05, 4.69) is 0 Å². The van der Waals surface area contributed by atoms with Crippen LogP contribution in [-0.4, -0.2) is 39.6 Å². The fourth-order valence-electron chi connectivity index (χ4n) is 0.646. The van der Waals surface area contributed by atoms with Crippen LogP contribution in [0.25, 0.3) is 0 Å². The molecule has 1 rings (SSSR count). The summed E-state index contributed by atoms with van der Waals surface area (Å²) < 4.78 is 0. The number of nitro groups is 1. The molecule has 6 heteroatoms. The van der Waals surface area contributed by atoms with Gasteiger partial charge in [0, 0.05) is 6.07 Å². The summed E-state index contributed by atoms with van der Waals surface area (Å²) in [5.41, 5.74) is 5.18. The van der Waals surface area contributed by atoms with Crippen LogP contribution in [0.5, 0.6) is 5.75 Å². The average molecular weight is 178 g/mol. The molecule has 0 atom stereocenters. The fourth-order valence-corrected chi connectivity index (χ4v) is 0.646. The van der Waals surface area contributed by atoms with Gasteiger partial charge in [-0.25, -0.2) is 0 Å². The minimum atomic E-state index is -0.598. The van der Waals surface area contributed by atoms with Crippen LogP contribution >= 0.6 is 0 Å². The molecule has 5 nitrogen and oxygen atoms in total. The Morgan fingerprint density at radius 3 is 2.50 bits per heavy atom. The van der Waals surface area contributed by atoms with Gasteiger partial charge < -0.3 is 10.8 Å². The average Bonchev–Trinajstić information content (AvgIpc) is 1.94. The Hall–Kier alpha value is -0.780. The molecule has 3 N–H and O–H groups in total. The monoisotopic (exact) mass is 178 g/mol. The van der Waals surface area contributed by atoms with Gasteiger partial charge in [-0.05, 0) is 6.07 Å². The molecule has 0 aliphatic carbocycles. The summed E-state index contributed by atoms with van der Waals surface area (Å²) in [6.07, 6.45) is 0. The molecule has 0 aliphatic heterocycles. The summed E-state index contributed by atoms with van der Waals surface area (Å²) in [7, 11) is 0. The van der Waals surface area contributed by atoms with Gasteiger partial charge in [0.2, 0.25) is 0 Å². The second kappa shape index (κ2) is 4.30. The van der Waals surface area contributed by atoms with Gasteiger partial charge in [0.05, 0.1) is 16.7 Å². The van der Waals surface area contributed by atoms with E-state index in [4.69, 9.17) is 10.8 Å². The molecule has 1 aromatic rings. The van der Waals surface area contributed by atoms with Crippen molar-refractivity contribution in [2.75, 3.05) is 5.73 Å². The van der Waals surface area contributed by atoms with Crippen LogP contribution in [0, 0.1) is 10.1 Å². The first-order valence-electron chi connectivity index (χ1n) is 2.84. The Morgan fingerprint density at radius 1 is 1.50 bits per heavy atom. The van der Waals surface area contributed by atoms with Crippen molar-refractivity contribution in [2.24, 2.45) is 0 Å². The molecule has 0 bridgehead atoms. The van der Waals surface area contributed by atoms with E-state index in [1.165, 1.54) is 12.1 Å². The van der Waals surface area contributed by atoms with Crippen molar-refractivity contribution in [3.8, 4) is 5.75 Å². The van der Waals surface area contributed by atoms with Crippen LogP contribution in [0.2, 0.25) is 0 Å². The molecule has 12 heavy (non-hydrogen) atoms. The van der Waals surface area contributed by atoms with Crippen LogP contribution in [0.3, 0.4) is 0 Å². The van der Waals surface area contributed by atoms with Crippen molar-refractivity contribution in [3.63, 3.8) is 0 Å². The summed E-state index contributed by atoms with van der Waals surface area (Å²) in [6.45, 7) is 0. The predicted molar refractivity (Wildman–Crippen MR) is 46.3 cm³/mol. The number of hydrogen-bond acceptors (Lipinski definition) is 4. The maximum atomic E-state index is 10.1. The third-order valence-electron chi connectivity index (χ3n) is 1.22. The van der Waals surface area contributed by atoms with Crippen molar-refractivity contribution >= 4 is 40.9 Å². The number of anilines is 1. The molecular weight excluding hydrogens is 171 g/mol. The predicted octanol–water partition coefficient (Wildman–Crippen LogP) is 0.234. The molecule has 0 unspecified atom stereocenters. The molecule has 0 heterocycles. The van der Waals surface area contributed by atoms with Gasteiger partial charge >= 0.3 is 29.6 Å². The molecule has 60 valence electrons. The number of nitro benzene ring substituents is 1. The van der Waals surface area contributed by atoms with E-state index in [-0.39, 0.29) is 46.7 Å². The number of phenolic OH excluding ortho intramolecular Hbond substituents is 1. The first-order valence-corrected chi connectivity index (χ1v) is 2.84. The van der Waals surface area contributed by atoms with Crippen LogP contribution < -0.4 is 5.73 Å². The van der Waals surface area contributed by atoms with Crippen LogP contribution in [0.1, 0.15) is 0 Å². The van der Waals surface area contributed by atoms with Gasteiger partial charge in [0.25, 0.3) is 5.69 Å². The SMILES string of the molecule is Nc1ccc([N+](=O)[O-])cc1O.[NaH]. The summed E-state index contributed by atoms with van der Waals surface area (Å²) >= 11 is 0. The number of aromatic hydroxyl groups is 1. The number of nitrogen functional groups attached to an aromatic ring is 1. The zero-order valence-electron chi connectivity index (χ0n) is 5.52. The number of nitrogens with zero attached hydrogens (tertiary/aromatic N) is 1. The molecule has 0 aliphatic rings. The van der Waals surface area contributed by atoms with Gasteiger partial charge in [-0.2, -0.15) is 0 Å². The number of nitrogens with two attached hydrogens (primary N) is 1. The zero-order chi connectivity index (χ0) is 8.43. The van der Waals surface area contributed by atoms with E-state index in [0.29, 0.717) is 0 Å². The van der Waals surface area contributed by atoms with Crippen LogP contribution in [0.15, 0.2) is 18.2 Å². The van der Waals surface area contributed by atoms with Gasteiger partial charge in [0.1, 0.15) is 5.75 Å². The molecule has 0 radical (unpaired) electrons. The Labute approximate surface area is 90.6 Å². The van der Waals surface area contributed by atoms with Gasteiger partial charge in [0.15, 0.2) is 0 Å². The van der Waals surface area contributed by atoms with Gasteiger partial charge in [-0.15, -0.1) is 0 Å². The van der Waals surface area contributed by atoms with Crippen molar-refractivity contribution in [2.45, 2.75) is 0 Å². The Morgan fingerprint density at radius 2 is 2.08 bits per heavy atom. The number of hydrogen-bond donors (Lipinski definition) is 2. The van der Waals surface area contributed by atoms with E-state index in [1.807, 2.05) is 0 Å². The molecule has 0 aromatic heterocycles. The first kappa shape index (κ1) is 11.2. The summed E-state index contributed by atoms with van der Waals surface area (Å²) in [5.74, 6) is -0.265. The number of phenols is 1. The number of rotatable bonds is 1. The van der Waals surface area contributed by atoms with E-state index >= 15 is 0 Å². The third kappa shape index (κ3) is 2.37. The van der Waals surface area contributed by atoms with Crippen LogP contribution in [-0.2, 0) is 0 Å². The van der Waals surface area contributed by atoms with Crippen molar-refractivity contribution in [1.82, 2.24) is 0 Å². The molecule has 0 fully saturated rings. The fraction of sp³-hybridized carbons (Fsp3) is 0. The zero-order valence-corrected chi connectivity index (χ0v) is 5.52. The minimum absolute atomic E-state index is 0. The molecule has 0 amide bonds. The van der Waals surface area contributed by atoms with Crippen molar-refractivity contribution in [1.29, 1.82) is 0 Å². The molecular formula is C6H7N2NaO3. The third-order valence-corrected chi connectivity index (χ3v) is 1.22. The summed E-state index contributed by atoms with van der Waals surface area (Å²) in [6, 6.07) is 3.53. The van der Waals surface area contributed by atoms with E-state index in [1.54, 1.807) is 0 Å². The molecule has 0 saturated carbocycles. The van der Waals surface area contributed by atoms with E-state index in [0.717, 1.165) is 6.07 Å². The Kier molecular flexibility index (Phi) is 4.02. The summed E-state index contributed by atoms with van der Waals surface area (Å²) in [4.78, 5) is 9.52. The van der Waals surface area contributed by atoms with Crippen molar-refractivity contribution in [3.05, 3.63) is 28.3 Å². The second-order valence-corrected chi connectivity index (χ2v) is 2.00. The van der Waals surface area contributed by atoms with Crippen molar-refractivity contribution < 1.29 is 10.0 Å². The van der Waals surface area contributed by atoms with E-state index in [9.17, 15) is 10.1 Å². The Bertz CT molecular complexity index is 303. The van der Waals surface area contributed by atoms with Gasteiger partial charge in [-0.1, -0.05) is 0 Å². The molecule has 0 saturated heterocycles. The van der Waals surface area contributed by atoms with E-state index < -0.39 is 4.92 Å². The molecule has 1 aromatic carbocycles. The topological polar surface area (TPSA) is 89.4 Å². The standard InChI is InChI=1S/C6H6N2O3.Na.H/c7-5-2-1-4(8(10)11)3-6(5)9;;/h1-3,9H,7H2;;. The number of benzene rings is 1. The summed E-state index contributed by atoms with van der Waals surface area (Å²) in [5, 5.41) is 19.0. The van der Waals surface area contributed by atoms with Gasteiger partial charge in [-0.3, -0.25) is 10.1 Å².